The fourth-order valence-electron chi connectivity index (χ4n) is 5.35. The lowest BCUT2D eigenvalue weighted by Gasteiger charge is -2.42. The van der Waals surface area contributed by atoms with Crippen molar-refractivity contribution >= 4 is 0 Å². The Balaban J connectivity index is 1.30. The first-order valence-electron chi connectivity index (χ1n) is 8.85. The van der Waals surface area contributed by atoms with Gasteiger partial charge in [0, 0.05) is 44.8 Å². The molecule has 1 saturated carbocycles. The van der Waals surface area contributed by atoms with E-state index in [-0.39, 0.29) is 0 Å². The Hall–Kier alpha value is -0.120. The van der Waals surface area contributed by atoms with E-state index in [1.54, 1.807) is 0 Å². The van der Waals surface area contributed by atoms with Crippen LogP contribution in [0, 0.1) is 17.8 Å². The Labute approximate surface area is 124 Å². The lowest BCUT2D eigenvalue weighted by Crippen LogP contribution is -2.57. The molecule has 114 valence electrons. The molecular formula is C17H31N3. The number of likely N-dealkylation sites (N-methyl/N-ethyl adjacent to an activating group) is 1. The minimum Gasteiger partial charge on any atom is -0.303 e. The topological polar surface area (TPSA) is 9.72 Å². The minimum absolute atomic E-state index is 0.888. The van der Waals surface area contributed by atoms with Gasteiger partial charge in [-0.2, -0.15) is 0 Å². The molecule has 0 radical (unpaired) electrons. The van der Waals surface area contributed by atoms with Crippen LogP contribution in [0.1, 0.15) is 32.6 Å². The van der Waals surface area contributed by atoms with Crippen molar-refractivity contribution in [1.82, 2.24) is 14.7 Å². The van der Waals surface area contributed by atoms with Crippen molar-refractivity contribution in [1.29, 1.82) is 0 Å². The molecule has 0 spiro atoms. The van der Waals surface area contributed by atoms with Crippen molar-refractivity contribution < 1.29 is 0 Å². The van der Waals surface area contributed by atoms with Crippen LogP contribution in [-0.4, -0.2) is 73.1 Å². The van der Waals surface area contributed by atoms with E-state index in [1.807, 2.05) is 0 Å². The smallest absolute Gasteiger partial charge is 0.0350 e. The van der Waals surface area contributed by atoms with Crippen LogP contribution in [0.5, 0.6) is 0 Å². The highest BCUT2D eigenvalue weighted by atomic mass is 15.3. The van der Waals surface area contributed by atoms with Gasteiger partial charge in [0.05, 0.1) is 0 Å². The van der Waals surface area contributed by atoms with Gasteiger partial charge in [0.2, 0.25) is 0 Å². The second-order valence-electron chi connectivity index (χ2n) is 8.22. The highest BCUT2D eigenvalue weighted by Crippen LogP contribution is 2.42. The zero-order valence-electron chi connectivity index (χ0n) is 13.3. The van der Waals surface area contributed by atoms with Crippen LogP contribution in [0.25, 0.3) is 0 Å². The molecule has 3 heterocycles. The molecule has 3 saturated heterocycles. The maximum Gasteiger partial charge on any atom is 0.0350 e. The first kappa shape index (κ1) is 13.5. The molecule has 1 aliphatic carbocycles. The average Bonchev–Trinajstić information content (AvgIpc) is 2.92. The predicted molar refractivity (Wildman–Crippen MR) is 82.8 cm³/mol. The fraction of sp³-hybridized carbons (Fsp3) is 1.00. The van der Waals surface area contributed by atoms with Crippen LogP contribution in [0.2, 0.25) is 0 Å². The molecule has 0 aromatic rings. The van der Waals surface area contributed by atoms with Gasteiger partial charge in [0.25, 0.3) is 0 Å². The van der Waals surface area contributed by atoms with Gasteiger partial charge in [-0.3, -0.25) is 4.90 Å². The van der Waals surface area contributed by atoms with Crippen molar-refractivity contribution in [2.75, 3.05) is 46.3 Å². The summed E-state index contributed by atoms with van der Waals surface area (Å²) < 4.78 is 0. The van der Waals surface area contributed by atoms with E-state index in [0.29, 0.717) is 0 Å². The Kier molecular flexibility index (Phi) is 3.56. The number of nitrogens with zero attached hydrogens (tertiary/aromatic N) is 3. The maximum atomic E-state index is 2.84. The van der Waals surface area contributed by atoms with Gasteiger partial charge < -0.3 is 9.80 Å². The SMILES string of the molecule is CC1CCCN(C2CC3CN(C4CN(C)C4)CC3C2)C1. The van der Waals surface area contributed by atoms with Gasteiger partial charge in [-0.15, -0.1) is 0 Å². The summed E-state index contributed by atoms with van der Waals surface area (Å²) in [5, 5.41) is 0. The first-order chi connectivity index (χ1) is 9.69. The molecule has 0 amide bonds. The minimum atomic E-state index is 0.888. The lowest BCUT2D eigenvalue weighted by atomic mass is 9.98. The fourth-order valence-corrected chi connectivity index (χ4v) is 5.35. The number of rotatable bonds is 2. The largest absolute Gasteiger partial charge is 0.303 e. The zero-order valence-corrected chi connectivity index (χ0v) is 13.3. The number of likely N-dealkylation sites (tertiary alicyclic amines) is 3. The van der Waals surface area contributed by atoms with Gasteiger partial charge in [0.1, 0.15) is 0 Å². The number of hydrogen-bond donors (Lipinski definition) is 0. The molecule has 3 heteroatoms. The summed E-state index contributed by atoms with van der Waals surface area (Å²) in [6, 6.07) is 1.82. The molecule has 4 aliphatic rings. The van der Waals surface area contributed by atoms with Gasteiger partial charge >= 0.3 is 0 Å². The Bertz CT molecular complexity index is 338. The predicted octanol–water partition coefficient (Wildman–Crippen LogP) is 1.74. The second kappa shape index (κ2) is 5.26. The molecule has 3 unspecified atom stereocenters. The molecule has 20 heavy (non-hydrogen) atoms. The summed E-state index contributed by atoms with van der Waals surface area (Å²) in [6.45, 7) is 10.6. The maximum absolute atomic E-state index is 2.84. The Morgan fingerprint density at radius 1 is 0.800 bits per heavy atom. The molecule has 4 rings (SSSR count). The Morgan fingerprint density at radius 3 is 2.10 bits per heavy atom. The lowest BCUT2D eigenvalue weighted by molar-refractivity contribution is 0.0583. The summed E-state index contributed by atoms with van der Waals surface area (Å²) in [6.07, 6.45) is 5.89. The van der Waals surface area contributed by atoms with E-state index in [9.17, 15) is 0 Å². The molecule has 4 fully saturated rings. The van der Waals surface area contributed by atoms with E-state index >= 15 is 0 Å². The van der Waals surface area contributed by atoms with E-state index in [2.05, 4.69) is 28.7 Å². The molecule has 3 atom stereocenters. The third kappa shape index (κ3) is 2.42. The molecule has 3 aliphatic heterocycles. The second-order valence-corrected chi connectivity index (χ2v) is 8.22. The van der Waals surface area contributed by atoms with Gasteiger partial charge in [0.15, 0.2) is 0 Å². The van der Waals surface area contributed by atoms with Gasteiger partial charge in [-0.25, -0.2) is 0 Å². The van der Waals surface area contributed by atoms with Crippen LogP contribution >= 0.6 is 0 Å². The van der Waals surface area contributed by atoms with E-state index in [4.69, 9.17) is 0 Å². The zero-order chi connectivity index (χ0) is 13.7. The third-order valence-electron chi connectivity index (χ3n) is 6.52. The van der Waals surface area contributed by atoms with Crippen molar-refractivity contribution in [2.45, 2.75) is 44.7 Å². The molecule has 0 bridgehead atoms. The van der Waals surface area contributed by atoms with E-state index in [1.165, 1.54) is 65.0 Å². The monoisotopic (exact) mass is 277 g/mol. The summed E-state index contributed by atoms with van der Waals surface area (Å²) in [4.78, 5) is 8.11. The summed E-state index contributed by atoms with van der Waals surface area (Å²) in [7, 11) is 2.25. The van der Waals surface area contributed by atoms with E-state index in [0.717, 1.165) is 29.8 Å². The van der Waals surface area contributed by atoms with Crippen LogP contribution in [0.15, 0.2) is 0 Å². The number of hydrogen-bond acceptors (Lipinski definition) is 3. The van der Waals surface area contributed by atoms with Gasteiger partial charge in [-0.05, 0) is 57.0 Å². The van der Waals surface area contributed by atoms with Crippen LogP contribution < -0.4 is 0 Å². The number of piperidine rings is 1. The highest BCUT2D eigenvalue weighted by Gasteiger charge is 2.45. The Morgan fingerprint density at radius 2 is 1.50 bits per heavy atom. The van der Waals surface area contributed by atoms with Crippen molar-refractivity contribution in [3.05, 3.63) is 0 Å². The molecular weight excluding hydrogens is 246 g/mol. The van der Waals surface area contributed by atoms with Crippen molar-refractivity contribution in [3.8, 4) is 0 Å². The van der Waals surface area contributed by atoms with Crippen molar-refractivity contribution in [2.24, 2.45) is 17.8 Å². The summed E-state index contributed by atoms with van der Waals surface area (Å²) >= 11 is 0. The molecule has 3 nitrogen and oxygen atoms in total. The summed E-state index contributed by atoms with van der Waals surface area (Å²) in [5.74, 6) is 2.97. The quantitative estimate of drug-likeness (QED) is 0.761. The molecule has 0 aromatic heterocycles. The van der Waals surface area contributed by atoms with Crippen molar-refractivity contribution in [3.63, 3.8) is 0 Å². The third-order valence-corrected chi connectivity index (χ3v) is 6.52. The molecule has 0 N–H and O–H groups in total. The highest BCUT2D eigenvalue weighted by molar-refractivity contribution is 5.00. The van der Waals surface area contributed by atoms with E-state index < -0.39 is 0 Å². The van der Waals surface area contributed by atoms with Crippen LogP contribution in [0.4, 0.5) is 0 Å². The average molecular weight is 277 g/mol. The number of fused-ring (bicyclic) bond motifs is 1. The molecule has 0 aromatic carbocycles. The normalized spacial score (nSPS) is 44.7. The first-order valence-corrected chi connectivity index (χ1v) is 8.85. The summed E-state index contributed by atoms with van der Waals surface area (Å²) in [5.41, 5.74) is 0. The standard InChI is InChI=1S/C17H31N3/c1-13-4-3-5-19(8-13)16-6-14-9-20(10-15(14)7-16)17-11-18(2)12-17/h13-17H,3-12H2,1-2H3. The van der Waals surface area contributed by atoms with Gasteiger partial charge in [-0.1, -0.05) is 6.92 Å². The van der Waals surface area contributed by atoms with Crippen LogP contribution in [-0.2, 0) is 0 Å². The van der Waals surface area contributed by atoms with Crippen LogP contribution in [0.3, 0.4) is 0 Å².